The van der Waals surface area contributed by atoms with Gasteiger partial charge in [-0.05, 0) is 38.6 Å². The van der Waals surface area contributed by atoms with Gasteiger partial charge >= 0.3 is 0 Å². The molecule has 106 valence electrons. The number of hydrogen-bond donors (Lipinski definition) is 1. The molecule has 2 heterocycles. The van der Waals surface area contributed by atoms with Crippen LogP contribution in [-0.2, 0) is 0 Å². The van der Waals surface area contributed by atoms with Crippen LogP contribution in [-0.4, -0.2) is 20.0 Å². The number of hydrogen-bond acceptors (Lipinski definition) is 7. The molecule has 0 saturated carbocycles. The minimum atomic E-state index is -0.729. The standard InChI is InChI=1S/C12H13N3O3S2/c1-6-4-7(2)14-12(13-6)20-11-9(15(17)18)5-10(19-11)8(3)16/h4-5,8,16H,1-3H3. The molecule has 0 amide bonds. The van der Waals surface area contributed by atoms with Crippen LogP contribution < -0.4 is 0 Å². The second-order valence-corrected chi connectivity index (χ2v) is 6.61. The monoisotopic (exact) mass is 311 g/mol. The Hall–Kier alpha value is -1.51. The molecule has 0 aromatic carbocycles. The Kier molecular flexibility index (Phi) is 4.36. The van der Waals surface area contributed by atoms with Crippen LogP contribution in [0.25, 0.3) is 0 Å². The molecule has 2 aromatic heterocycles. The molecule has 0 spiro atoms. The van der Waals surface area contributed by atoms with E-state index in [0.717, 1.165) is 23.1 Å². The van der Waals surface area contributed by atoms with E-state index < -0.39 is 11.0 Å². The van der Waals surface area contributed by atoms with Crippen LogP contribution in [0.4, 0.5) is 5.69 Å². The Labute approximate surface area is 124 Å². The minimum Gasteiger partial charge on any atom is -0.388 e. The summed E-state index contributed by atoms with van der Waals surface area (Å²) in [5.74, 6) is 0. The lowest BCUT2D eigenvalue weighted by molar-refractivity contribution is -0.387. The van der Waals surface area contributed by atoms with Crippen LogP contribution in [0.15, 0.2) is 21.5 Å². The Morgan fingerprint density at radius 2 is 1.95 bits per heavy atom. The van der Waals surface area contributed by atoms with Crippen molar-refractivity contribution < 1.29 is 10.0 Å². The number of nitro groups is 1. The van der Waals surface area contributed by atoms with Crippen molar-refractivity contribution in [3.63, 3.8) is 0 Å². The fraction of sp³-hybridized carbons (Fsp3) is 0.333. The summed E-state index contributed by atoms with van der Waals surface area (Å²) in [5.41, 5.74) is 1.61. The van der Waals surface area contributed by atoms with Gasteiger partial charge in [0, 0.05) is 22.3 Å². The van der Waals surface area contributed by atoms with Crippen LogP contribution >= 0.6 is 23.1 Å². The van der Waals surface area contributed by atoms with Crippen molar-refractivity contribution in [1.29, 1.82) is 0 Å². The molecule has 2 aromatic rings. The number of thiophene rings is 1. The minimum absolute atomic E-state index is 0.0151. The van der Waals surface area contributed by atoms with Crippen molar-refractivity contribution >= 4 is 28.8 Å². The fourth-order valence-corrected chi connectivity index (χ4v) is 3.87. The van der Waals surface area contributed by atoms with Crippen molar-refractivity contribution in [2.75, 3.05) is 0 Å². The van der Waals surface area contributed by atoms with Gasteiger partial charge in [0.2, 0.25) is 0 Å². The van der Waals surface area contributed by atoms with Gasteiger partial charge in [0.05, 0.1) is 11.0 Å². The summed E-state index contributed by atoms with van der Waals surface area (Å²) >= 11 is 2.35. The maximum Gasteiger partial charge on any atom is 0.294 e. The number of aliphatic hydroxyl groups is 1. The first-order valence-electron chi connectivity index (χ1n) is 5.83. The van der Waals surface area contributed by atoms with Crippen molar-refractivity contribution in [3.8, 4) is 0 Å². The van der Waals surface area contributed by atoms with E-state index in [1.54, 1.807) is 6.92 Å². The van der Waals surface area contributed by atoms with Crippen LogP contribution in [0.1, 0.15) is 29.3 Å². The number of aliphatic hydroxyl groups excluding tert-OH is 1. The Morgan fingerprint density at radius 3 is 2.45 bits per heavy atom. The molecule has 6 nitrogen and oxygen atoms in total. The summed E-state index contributed by atoms with van der Waals surface area (Å²) in [5, 5.41) is 21.1. The molecule has 0 aliphatic heterocycles. The van der Waals surface area contributed by atoms with Gasteiger partial charge in [0.1, 0.15) is 4.21 Å². The first-order valence-corrected chi connectivity index (χ1v) is 7.46. The molecule has 0 aliphatic carbocycles. The summed E-state index contributed by atoms with van der Waals surface area (Å²) in [6, 6.07) is 3.24. The van der Waals surface area contributed by atoms with E-state index in [2.05, 4.69) is 9.97 Å². The van der Waals surface area contributed by atoms with Gasteiger partial charge in [-0.15, -0.1) is 11.3 Å². The van der Waals surface area contributed by atoms with E-state index in [0.29, 0.717) is 14.2 Å². The van der Waals surface area contributed by atoms with Gasteiger partial charge in [0.15, 0.2) is 5.16 Å². The average molecular weight is 311 g/mol. The maximum atomic E-state index is 11.1. The van der Waals surface area contributed by atoms with Crippen LogP contribution in [0.5, 0.6) is 0 Å². The summed E-state index contributed by atoms with van der Waals surface area (Å²) in [7, 11) is 0. The van der Waals surface area contributed by atoms with Crippen LogP contribution in [0.3, 0.4) is 0 Å². The number of aromatic nitrogens is 2. The highest BCUT2D eigenvalue weighted by atomic mass is 32.2. The Morgan fingerprint density at radius 1 is 1.35 bits per heavy atom. The molecule has 1 atom stereocenters. The second-order valence-electron chi connectivity index (χ2n) is 4.29. The second kappa shape index (κ2) is 5.86. The maximum absolute atomic E-state index is 11.1. The Balaban J connectivity index is 2.39. The van der Waals surface area contributed by atoms with Crippen molar-refractivity contribution in [1.82, 2.24) is 9.97 Å². The Bertz CT molecular complexity index is 635. The third kappa shape index (κ3) is 3.33. The number of nitrogens with zero attached hydrogens (tertiary/aromatic N) is 3. The highest BCUT2D eigenvalue weighted by Gasteiger charge is 2.22. The SMILES string of the molecule is Cc1cc(C)nc(Sc2sc(C(C)O)cc2[N+](=O)[O-])n1. The average Bonchev–Trinajstić information content (AvgIpc) is 2.71. The van der Waals surface area contributed by atoms with Crippen molar-refractivity contribution in [2.45, 2.75) is 36.2 Å². The molecule has 0 aliphatic rings. The first-order chi connectivity index (χ1) is 9.36. The molecule has 0 fully saturated rings. The molecule has 0 bridgehead atoms. The van der Waals surface area contributed by atoms with E-state index >= 15 is 0 Å². The van der Waals surface area contributed by atoms with Crippen LogP contribution in [0, 0.1) is 24.0 Å². The lowest BCUT2D eigenvalue weighted by Gasteiger charge is -2.01. The molecule has 2 rings (SSSR count). The van der Waals surface area contributed by atoms with Gasteiger partial charge in [-0.1, -0.05) is 0 Å². The largest absolute Gasteiger partial charge is 0.388 e. The zero-order valence-electron chi connectivity index (χ0n) is 11.2. The fourth-order valence-electron chi connectivity index (χ4n) is 1.61. The molecular weight excluding hydrogens is 298 g/mol. The lowest BCUT2D eigenvalue weighted by atomic mass is 10.3. The van der Waals surface area contributed by atoms with Gasteiger partial charge < -0.3 is 5.11 Å². The van der Waals surface area contributed by atoms with Crippen molar-refractivity contribution in [3.05, 3.63) is 38.5 Å². The third-order valence-corrected chi connectivity index (χ3v) is 4.80. The van der Waals surface area contributed by atoms with E-state index in [4.69, 9.17) is 0 Å². The quantitative estimate of drug-likeness (QED) is 0.529. The van der Waals surface area contributed by atoms with Gasteiger partial charge in [-0.3, -0.25) is 10.1 Å². The van der Waals surface area contributed by atoms with Crippen molar-refractivity contribution in [2.24, 2.45) is 0 Å². The predicted octanol–water partition coefficient (Wildman–Crippen LogP) is 3.27. The molecule has 1 unspecified atom stereocenters. The molecule has 0 saturated heterocycles. The van der Waals surface area contributed by atoms with E-state index in [9.17, 15) is 15.2 Å². The van der Waals surface area contributed by atoms with Gasteiger partial charge in [-0.2, -0.15) is 0 Å². The highest BCUT2D eigenvalue weighted by molar-refractivity contribution is 8.01. The summed E-state index contributed by atoms with van der Waals surface area (Å²) < 4.78 is 0.482. The zero-order valence-corrected chi connectivity index (χ0v) is 12.8. The molecular formula is C12H13N3O3S2. The highest BCUT2D eigenvalue weighted by Crippen LogP contribution is 2.42. The van der Waals surface area contributed by atoms with Gasteiger partial charge in [0.25, 0.3) is 5.69 Å². The smallest absolute Gasteiger partial charge is 0.294 e. The molecule has 0 radical (unpaired) electrons. The summed E-state index contributed by atoms with van der Waals surface area (Å²) in [6.07, 6.45) is -0.729. The topological polar surface area (TPSA) is 89.2 Å². The van der Waals surface area contributed by atoms with Crippen LogP contribution in [0.2, 0.25) is 0 Å². The van der Waals surface area contributed by atoms with E-state index in [1.807, 2.05) is 19.9 Å². The predicted molar refractivity (Wildman–Crippen MR) is 77.2 cm³/mol. The summed E-state index contributed by atoms with van der Waals surface area (Å²) in [4.78, 5) is 19.7. The van der Waals surface area contributed by atoms with Gasteiger partial charge in [-0.25, -0.2) is 9.97 Å². The number of rotatable bonds is 4. The van der Waals surface area contributed by atoms with E-state index in [1.165, 1.54) is 17.4 Å². The number of aryl methyl sites for hydroxylation is 2. The zero-order chi connectivity index (χ0) is 14.9. The third-order valence-electron chi connectivity index (χ3n) is 2.45. The molecule has 20 heavy (non-hydrogen) atoms. The molecule has 1 N–H and O–H groups in total. The first kappa shape index (κ1) is 14.9. The molecule has 8 heteroatoms. The lowest BCUT2D eigenvalue weighted by Crippen LogP contribution is -1.93. The normalized spacial score (nSPS) is 12.4. The summed E-state index contributed by atoms with van der Waals surface area (Å²) in [6.45, 7) is 5.28. The van der Waals surface area contributed by atoms with E-state index in [-0.39, 0.29) is 5.69 Å².